The maximum atomic E-state index is 13.0. The number of para-hydroxylation sites is 1. The van der Waals surface area contributed by atoms with Gasteiger partial charge in [0.1, 0.15) is 6.54 Å². The Labute approximate surface area is 166 Å². The summed E-state index contributed by atoms with van der Waals surface area (Å²) in [7, 11) is 3.17. The Morgan fingerprint density at radius 2 is 1.76 bits per heavy atom. The minimum absolute atomic E-state index is 0.140. The highest BCUT2D eigenvalue weighted by molar-refractivity contribution is 5.81. The zero-order chi connectivity index (χ0) is 20.5. The number of fused-ring (bicyclic) bond motifs is 2. The largest absolute Gasteiger partial charge is 0.493 e. The van der Waals surface area contributed by atoms with Crippen LogP contribution in [0.5, 0.6) is 11.5 Å². The molecule has 0 unspecified atom stereocenters. The van der Waals surface area contributed by atoms with E-state index in [2.05, 4.69) is 4.98 Å². The fraction of sp³-hybridized carbons (Fsp3) is 0.286. The molecule has 0 bridgehead atoms. The summed E-state index contributed by atoms with van der Waals surface area (Å²) in [6.07, 6.45) is 0.683. The van der Waals surface area contributed by atoms with Gasteiger partial charge >= 0.3 is 5.69 Å². The maximum absolute atomic E-state index is 13.0. The van der Waals surface area contributed by atoms with Crippen molar-refractivity contribution in [3.05, 3.63) is 68.4 Å². The first-order valence-electron chi connectivity index (χ1n) is 9.25. The van der Waals surface area contributed by atoms with Crippen molar-refractivity contribution in [2.75, 3.05) is 20.8 Å². The fourth-order valence-electron chi connectivity index (χ4n) is 3.73. The molecule has 0 aliphatic carbocycles. The van der Waals surface area contributed by atoms with E-state index < -0.39 is 11.2 Å². The minimum Gasteiger partial charge on any atom is -0.493 e. The van der Waals surface area contributed by atoms with Gasteiger partial charge in [-0.25, -0.2) is 4.79 Å². The molecule has 29 heavy (non-hydrogen) atoms. The molecule has 0 radical (unpaired) electrons. The van der Waals surface area contributed by atoms with E-state index in [9.17, 15) is 14.4 Å². The fourth-order valence-corrected chi connectivity index (χ4v) is 3.73. The third kappa shape index (κ3) is 3.37. The Bertz CT molecular complexity index is 1210. The molecular weight excluding hydrogens is 374 g/mol. The molecule has 0 atom stereocenters. The van der Waals surface area contributed by atoms with Gasteiger partial charge in [0.15, 0.2) is 11.5 Å². The van der Waals surface area contributed by atoms with E-state index >= 15 is 0 Å². The normalized spacial score (nSPS) is 13.2. The number of H-pyrrole nitrogens is 1. The molecule has 0 saturated carbocycles. The molecule has 1 aliphatic heterocycles. The average Bonchev–Trinajstić information content (AvgIpc) is 2.75. The summed E-state index contributed by atoms with van der Waals surface area (Å²) in [5, 5.41) is 0.376. The van der Waals surface area contributed by atoms with Crippen molar-refractivity contribution >= 4 is 16.8 Å². The highest BCUT2D eigenvalue weighted by Crippen LogP contribution is 2.33. The quantitative estimate of drug-likeness (QED) is 0.719. The molecule has 0 fully saturated rings. The second kappa shape index (κ2) is 7.46. The monoisotopic (exact) mass is 395 g/mol. The van der Waals surface area contributed by atoms with Crippen molar-refractivity contribution in [2.24, 2.45) is 0 Å². The molecule has 0 spiro atoms. The number of hydrogen-bond acceptors (Lipinski definition) is 5. The number of benzene rings is 2. The van der Waals surface area contributed by atoms with Crippen LogP contribution in [0.2, 0.25) is 0 Å². The van der Waals surface area contributed by atoms with Crippen LogP contribution in [0.3, 0.4) is 0 Å². The van der Waals surface area contributed by atoms with Gasteiger partial charge in [-0.1, -0.05) is 12.1 Å². The van der Waals surface area contributed by atoms with Gasteiger partial charge in [0, 0.05) is 13.1 Å². The summed E-state index contributed by atoms with van der Waals surface area (Å²) in [4.78, 5) is 41.3. The molecule has 1 aromatic heterocycles. The van der Waals surface area contributed by atoms with Gasteiger partial charge in [-0.05, 0) is 41.8 Å². The summed E-state index contributed by atoms with van der Waals surface area (Å²) in [6.45, 7) is 0.820. The van der Waals surface area contributed by atoms with E-state index in [1.807, 2.05) is 12.1 Å². The molecule has 0 saturated heterocycles. The SMILES string of the molecule is COc1cc2c(cc1OC)CN(C(=O)Cn1c(=O)[nH]c(=O)c3ccccc31)CC2. The average molecular weight is 395 g/mol. The number of ether oxygens (including phenoxy) is 2. The molecule has 4 rings (SSSR count). The van der Waals surface area contributed by atoms with E-state index in [0.717, 1.165) is 11.1 Å². The van der Waals surface area contributed by atoms with Crippen LogP contribution in [0.15, 0.2) is 46.0 Å². The summed E-state index contributed by atoms with van der Waals surface area (Å²) in [5.74, 6) is 1.09. The van der Waals surface area contributed by atoms with Gasteiger partial charge in [-0.2, -0.15) is 0 Å². The van der Waals surface area contributed by atoms with Crippen molar-refractivity contribution in [2.45, 2.75) is 19.5 Å². The molecule has 2 aromatic carbocycles. The maximum Gasteiger partial charge on any atom is 0.329 e. The third-order valence-corrected chi connectivity index (χ3v) is 5.27. The number of amides is 1. The van der Waals surface area contributed by atoms with Gasteiger partial charge in [-0.3, -0.25) is 19.1 Å². The van der Waals surface area contributed by atoms with Crippen LogP contribution >= 0.6 is 0 Å². The van der Waals surface area contributed by atoms with Crippen LogP contribution in [0, 0.1) is 0 Å². The van der Waals surface area contributed by atoms with Crippen molar-refractivity contribution in [3.63, 3.8) is 0 Å². The Balaban J connectivity index is 1.62. The highest BCUT2D eigenvalue weighted by Gasteiger charge is 2.24. The van der Waals surface area contributed by atoms with Crippen molar-refractivity contribution in [1.82, 2.24) is 14.5 Å². The molecule has 1 aliphatic rings. The number of nitrogens with one attached hydrogen (secondary N) is 1. The van der Waals surface area contributed by atoms with Crippen molar-refractivity contribution < 1.29 is 14.3 Å². The molecule has 2 heterocycles. The molecular formula is C21H21N3O5. The number of aromatic amines is 1. The summed E-state index contributed by atoms with van der Waals surface area (Å²) >= 11 is 0. The first-order valence-corrected chi connectivity index (χ1v) is 9.25. The van der Waals surface area contributed by atoms with Gasteiger partial charge in [0.05, 0.1) is 25.1 Å². The van der Waals surface area contributed by atoms with Gasteiger partial charge in [-0.15, -0.1) is 0 Å². The number of methoxy groups -OCH3 is 2. The minimum atomic E-state index is -0.592. The molecule has 8 heteroatoms. The third-order valence-electron chi connectivity index (χ3n) is 5.27. The Morgan fingerprint density at radius 1 is 1.07 bits per heavy atom. The van der Waals surface area contributed by atoms with Crippen LogP contribution in [-0.2, 0) is 24.3 Å². The van der Waals surface area contributed by atoms with Crippen LogP contribution in [0.25, 0.3) is 10.9 Å². The van der Waals surface area contributed by atoms with Crippen molar-refractivity contribution in [3.8, 4) is 11.5 Å². The molecule has 1 amide bonds. The predicted octanol–water partition coefficient (Wildman–Crippen LogP) is 1.29. The van der Waals surface area contributed by atoms with Gasteiger partial charge < -0.3 is 14.4 Å². The smallest absolute Gasteiger partial charge is 0.329 e. The molecule has 8 nitrogen and oxygen atoms in total. The lowest BCUT2D eigenvalue weighted by Gasteiger charge is -2.30. The van der Waals surface area contributed by atoms with Crippen LogP contribution in [0.4, 0.5) is 0 Å². The van der Waals surface area contributed by atoms with Gasteiger partial charge in [0.2, 0.25) is 5.91 Å². The van der Waals surface area contributed by atoms with Crippen LogP contribution in [-0.4, -0.2) is 41.1 Å². The zero-order valence-corrected chi connectivity index (χ0v) is 16.2. The number of aromatic nitrogens is 2. The summed E-state index contributed by atoms with van der Waals surface area (Å²) < 4.78 is 12.0. The predicted molar refractivity (Wildman–Crippen MR) is 107 cm³/mol. The summed E-state index contributed by atoms with van der Waals surface area (Å²) in [6, 6.07) is 10.6. The zero-order valence-electron chi connectivity index (χ0n) is 16.2. The Kier molecular flexibility index (Phi) is 4.84. The molecule has 150 valence electrons. The van der Waals surface area contributed by atoms with Crippen LogP contribution < -0.4 is 20.7 Å². The lowest BCUT2D eigenvalue weighted by atomic mass is 9.98. The lowest BCUT2D eigenvalue weighted by Crippen LogP contribution is -2.41. The first-order chi connectivity index (χ1) is 14.0. The van der Waals surface area contributed by atoms with E-state index in [1.165, 1.54) is 4.57 Å². The van der Waals surface area contributed by atoms with Gasteiger partial charge in [0.25, 0.3) is 5.56 Å². The van der Waals surface area contributed by atoms with E-state index in [-0.39, 0.29) is 12.5 Å². The topological polar surface area (TPSA) is 93.6 Å². The summed E-state index contributed by atoms with van der Waals surface area (Å²) in [5.41, 5.74) is 1.49. The van der Waals surface area contributed by atoms with Crippen LogP contribution in [0.1, 0.15) is 11.1 Å². The lowest BCUT2D eigenvalue weighted by molar-refractivity contribution is -0.132. The Hall–Kier alpha value is -3.55. The Morgan fingerprint density at radius 3 is 2.48 bits per heavy atom. The standard InChI is InChI=1S/C21H21N3O5/c1-28-17-9-13-7-8-23(11-14(13)10-18(17)29-2)19(25)12-24-16-6-4-3-5-15(16)20(26)22-21(24)27/h3-6,9-10H,7-8,11-12H2,1-2H3,(H,22,26,27). The van der Waals surface area contributed by atoms with E-state index in [4.69, 9.17) is 9.47 Å². The number of carbonyl (C=O) groups excluding carboxylic acids is 1. The second-order valence-corrected chi connectivity index (χ2v) is 6.90. The number of carbonyl (C=O) groups is 1. The molecule has 3 aromatic rings. The van der Waals surface area contributed by atoms with Crippen molar-refractivity contribution in [1.29, 1.82) is 0 Å². The first kappa shape index (κ1) is 18.8. The van der Waals surface area contributed by atoms with E-state index in [0.29, 0.717) is 41.9 Å². The number of nitrogens with zero attached hydrogens (tertiary/aromatic N) is 2. The number of hydrogen-bond donors (Lipinski definition) is 1. The van der Waals surface area contributed by atoms with E-state index in [1.54, 1.807) is 43.4 Å². The highest BCUT2D eigenvalue weighted by atomic mass is 16.5. The molecule has 1 N–H and O–H groups in total. The number of rotatable bonds is 4. The second-order valence-electron chi connectivity index (χ2n) is 6.90.